The average molecular weight is 452 g/mol. The number of ether oxygens (including phenoxy) is 1. The van der Waals surface area contributed by atoms with Crippen molar-refractivity contribution < 1.29 is 9.53 Å². The van der Waals surface area contributed by atoms with Gasteiger partial charge in [0, 0.05) is 11.6 Å². The first kappa shape index (κ1) is 20.4. The van der Waals surface area contributed by atoms with Crippen molar-refractivity contribution in [3.05, 3.63) is 107 Å². The Balaban J connectivity index is 1.39. The van der Waals surface area contributed by atoms with Crippen LogP contribution in [-0.2, 0) is 6.61 Å². The van der Waals surface area contributed by atoms with Gasteiger partial charge in [0.15, 0.2) is 0 Å². The summed E-state index contributed by atoms with van der Waals surface area (Å²) in [7, 11) is 0. The number of carbonyl (C=O) groups is 1. The van der Waals surface area contributed by atoms with E-state index in [1.54, 1.807) is 35.0 Å². The zero-order valence-corrected chi connectivity index (χ0v) is 18.4. The Morgan fingerprint density at radius 1 is 0.914 bits per heavy atom. The van der Waals surface area contributed by atoms with Crippen molar-refractivity contribution in [1.82, 2.24) is 9.55 Å². The van der Waals surface area contributed by atoms with Gasteiger partial charge in [-0.2, -0.15) is 10.5 Å². The molecule has 35 heavy (non-hydrogen) atoms. The summed E-state index contributed by atoms with van der Waals surface area (Å²) in [6, 6.07) is 28.5. The monoisotopic (exact) mass is 452 g/mol. The number of pyridine rings is 1. The average Bonchev–Trinajstić information content (AvgIpc) is 3.49. The fraction of sp³-hybridized carbons (Fsp3) is 0.0345. The van der Waals surface area contributed by atoms with E-state index < -0.39 is 0 Å². The van der Waals surface area contributed by atoms with E-state index in [1.807, 2.05) is 54.6 Å². The van der Waals surface area contributed by atoms with Gasteiger partial charge in [0.25, 0.3) is 5.91 Å². The fourth-order valence-corrected chi connectivity index (χ4v) is 4.48. The standard InChI is InChI=1S/C29H16N4O2/c30-15-19-9-12-24-23(14-19)28(26-27(32-24)25-6-3-13-33(25)29(26)34)35-17-18-7-10-20(11-8-18)22-5-2-1-4-21(22)16-31/h1-14H,17H2. The van der Waals surface area contributed by atoms with Crippen LogP contribution >= 0.6 is 0 Å². The number of benzene rings is 3. The molecular formula is C29H16N4O2. The van der Waals surface area contributed by atoms with Crippen molar-refractivity contribution in [2.75, 3.05) is 0 Å². The molecule has 0 saturated heterocycles. The van der Waals surface area contributed by atoms with E-state index in [1.165, 1.54) is 0 Å². The molecular weight excluding hydrogens is 436 g/mol. The van der Waals surface area contributed by atoms with Crippen molar-refractivity contribution in [2.24, 2.45) is 0 Å². The predicted molar refractivity (Wildman–Crippen MR) is 131 cm³/mol. The summed E-state index contributed by atoms with van der Waals surface area (Å²) in [6.07, 6.45) is 1.71. The molecule has 0 fully saturated rings. The number of aromatic nitrogens is 2. The van der Waals surface area contributed by atoms with Crippen LogP contribution in [0.3, 0.4) is 0 Å². The van der Waals surface area contributed by atoms with E-state index in [0.717, 1.165) is 22.4 Å². The maximum atomic E-state index is 13.2. The number of hydrogen-bond donors (Lipinski definition) is 0. The SMILES string of the molecule is N#Cc1ccc2nc3c(c(OCc4ccc(-c5ccccc5C#N)cc4)c2c1)C(=O)n1cccc1-3. The third kappa shape index (κ3) is 3.25. The lowest BCUT2D eigenvalue weighted by atomic mass is 9.99. The van der Waals surface area contributed by atoms with Crippen molar-refractivity contribution >= 4 is 16.8 Å². The molecule has 0 bridgehead atoms. The van der Waals surface area contributed by atoms with Gasteiger partial charge in [-0.1, -0.05) is 42.5 Å². The highest BCUT2D eigenvalue weighted by Gasteiger charge is 2.32. The molecule has 0 aliphatic carbocycles. The van der Waals surface area contributed by atoms with Crippen molar-refractivity contribution in [3.63, 3.8) is 0 Å². The molecule has 1 aliphatic rings. The molecule has 0 atom stereocenters. The molecule has 3 heterocycles. The smallest absolute Gasteiger partial charge is 0.268 e. The van der Waals surface area contributed by atoms with E-state index in [4.69, 9.17) is 9.72 Å². The van der Waals surface area contributed by atoms with Gasteiger partial charge in [-0.25, -0.2) is 4.98 Å². The number of nitriles is 2. The van der Waals surface area contributed by atoms with Gasteiger partial charge in [0.2, 0.25) is 0 Å². The number of hydrogen-bond acceptors (Lipinski definition) is 5. The van der Waals surface area contributed by atoms with Crippen LogP contribution < -0.4 is 4.74 Å². The zero-order valence-electron chi connectivity index (χ0n) is 18.4. The van der Waals surface area contributed by atoms with Gasteiger partial charge in [0.05, 0.1) is 34.5 Å². The largest absolute Gasteiger partial charge is 0.487 e. The molecule has 0 N–H and O–H groups in total. The minimum atomic E-state index is -0.199. The summed E-state index contributed by atoms with van der Waals surface area (Å²) in [5.41, 5.74) is 6.17. The molecule has 1 aliphatic heterocycles. The lowest BCUT2D eigenvalue weighted by molar-refractivity contribution is 0.0965. The maximum absolute atomic E-state index is 13.2. The highest BCUT2D eigenvalue weighted by atomic mass is 16.5. The topological polar surface area (TPSA) is 91.7 Å². The second-order valence-electron chi connectivity index (χ2n) is 8.22. The molecule has 2 aromatic heterocycles. The quantitative estimate of drug-likeness (QED) is 0.342. The summed E-state index contributed by atoms with van der Waals surface area (Å²) in [5, 5.41) is 19.4. The van der Waals surface area contributed by atoms with Crippen LogP contribution in [0.1, 0.15) is 27.0 Å². The highest BCUT2D eigenvalue weighted by molar-refractivity contribution is 6.13. The molecule has 6 rings (SSSR count). The minimum absolute atomic E-state index is 0.199. The Bertz CT molecular complexity index is 1730. The molecule has 0 radical (unpaired) electrons. The van der Waals surface area contributed by atoms with Crippen LogP contribution in [0.25, 0.3) is 33.4 Å². The fourth-order valence-electron chi connectivity index (χ4n) is 4.48. The van der Waals surface area contributed by atoms with Crippen LogP contribution in [0.2, 0.25) is 0 Å². The van der Waals surface area contributed by atoms with Crippen molar-refractivity contribution in [3.8, 4) is 40.4 Å². The summed E-state index contributed by atoms with van der Waals surface area (Å²) >= 11 is 0. The lowest BCUT2D eigenvalue weighted by Crippen LogP contribution is -2.08. The van der Waals surface area contributed by atoms with E-state index in [0.29, 0.717) is 39.0 Å². The van der Waals surface area contributed by atoms with Gasteiger partial charge in [0.1, 0.15) is 23.6 Å². The second-order valence-corrected chi connectivity index (χ2v) is 8.22. The highest BCUT2D eigenvalue weighted by Crippen LogP contribution is 2.41. The summed E-state index contributed by atoms with van der Waals surface area (Å²) < 4.78 is 7.84. The van der Waals surface area contributed by atoms with Gasteiger partial charge >= 0.3 is 0 Å². The molecule has 164 valence electrons. The molecule has 0 saturated carbocycles. The van der Waals surface area contributed by atoms with Crippen molar-refractivity contribution in [1.29, 1.82) is 10.5 Å². The van der Waals surface area contributed by atoms with E-state index in [-0.39, 0.29) is 12.5 Å². The van der Waals surface area contributed by atoms with Gasteiger partial charge in [-0.3, -0.25) is 9.36 Å². The number of carbonyl (C=O) groups excluding carboxylic acids is 1. The first-order chi connectivity index (χ1) is 17.2. The van der Waals surface area contributed by atoms with Crippen LogP contribution in [0.5, 0.6) is 5.75 Å². The predicted octanol–water partition coefficient (Wildman–Crippen LogP) is 5.69. The van der Waals surface area contributed by atoms with E-state index in [2.05, 4.69) is 12.1 Å². The normalized spacial score (nSPS) is 11.5. The van der Waals surface area contributed by atoms with Gasteiger partial charge < -0.3 is 4.74 Å². The molecule has 0 unspecified atom stereocenters. The van der Waals surface area contributed by atoms with E-state index >= 15 is 0 Å². The van der Waals surface area contributed by atoms with Gasteiger partial charge in [-0.15, -0.1) is 0 Å². The minimum Gasteiger partial charge on any atom is -0.487 e. The molecule has 6 heteroatoms. The van der Waals surface area contributed by atoms with Crippen LogP contribution in [0.4, 0.5) is 0 Å². The zero-order chi connectivity index (χ0) is 23.9. The van der Waals surface area contributed by atoms with Crippen LogP contribution in [-0.4, -0.2) is 15.5 Å². The third-order valence-electron chi connectivity index (χ3n) is 6.19. The van der Waals surface area contributed by atoms with Crippen LogP contribution in [0, 0.1) is 22.7 Å². The summed E-state index contributed by atoms with van der Waals surface area (Å²) in [5.74, 6) is 0.227. The number of nitrogens with zero attached hydrogens (tertiary/aromatic N) is 4. The third-order valence-corrected chi connectivity index (χ3v) is 6.19. The van der Waals surface area contributed by atoms with E-state index in [9.17, 15) is 15.3 Å². The van der Waals surface area contributed by atoms with Crippen LogP contribution in [0.15, 0.2) is 85.1 Å². The number of rotatable bonds is 4. The Kier molecular flexibility index (Phi) is 4.66. The van der Waals surface area contributed by atoms with Crippen molar-refractivity contribution in [2.45, 2.75) is 6.61 Å². The summed E-state index contributed by atoms with van der Waals surface area (Å²) in [4.78, 5) is 17.9. The molecule has 6 nitrogen and oxygen atoms in total. The Morgan fingerprint density at radius 3 is 2.54 bits per heavy atom. The number of fused-ring (bicyclic) bond motifs is 4. The summed E-state index contributed by atoms with van der Waals surface area (Å²) in [6.45, 7) is 0.227. The molecule has 0 amide bonds. The van der Waals surface area contributed by atoms with Gasteiger partial charge in [-0.05, 0) is 53.1 Å². The second kappa shape index (κ2) is 7.98. The first-order valence-electron chi connectivity index (χ1n) is 11.0. The lowest BCUT2D eigenvalue weighted by Gasteiger charge is -2.14. The first-order valence-corrected chi connectivity index (χ1v) is 11.0. The Labute approximate surface area is 200 Å². The maximum Gasteiger partial charge on any atom is 0.268 e. The molecule has 3 aromatic carbocycles. The Hall–Kier alpha value is -5.20. The molecule has 0 spiro atoms. The molecule has 5 aromatic rings. The Morgan fingerprint density at radius 2 is 1.74 bits per heavy atom.